The van der Waals surface area contributed by atoms with E-state index in [1.165, 1.54) is 0 Å². The monoisotopic (exact) mass is 208 g/mol. The van der Waals surface area contributed by atoms with Gasteiger partial charge in [0.2, 0.25) is 5.89 Å². The Morgan fingerprint density at radius 1 is 1.47 bits per heavy atom. The van der Waals surface area contributed by atoms with Gasteiger partial charge in [-0.3, -0.25) is 10.00 Å². The minimum atomic E-state index is 0.346. The molecule has 0 radical (unpaired) electrons. The SMILES string of the molecule is CNCc1nnc(Nc2ccn(C)n2)o1. The van der Waals surface area contributed by atoms with Crippen molar-refractivity contribution < 1.29 is 4.42 Å². The lowest BCUT2D eigenvalue weighted by Gasteiger charge is -1.94. The largest absolute Gasteiger partial charge is 0.406 e. The lowest BCUT2D eigenvalue weighted by Crippen LogP contribution is -2.04. The number of aryl methyl sites for hydroxylation is 1. The van der Waals surface area contributed by atoms with Crippen LogP contribution in [-0.2, 0) is 13.6 Å². The molecule has 80 valence electrons. The molecular weight excluding hydrogens is 196 g/mol. The van der Waals surface area contributed by atoms with Crippen molar-refractivity contribution in [3.63, 3.8) is 0 Å². The number of hydrogen-bond acceptors (Lipinski definition) is 6. The van der Waals surface area contributed by atoms with Gasteiger partial charge in [0.1, 0.15) is 0 Å². The van der Waals surface area contributed by atoms with Crippen LogP contribution >= 0.6 is 0 Å². The summed E-state index contributed by atoms with van der Waals surface area (Å²) >= 11 is 0. The summed E-state index contributed by atoms with van der Waals surface area (Å²) in [5, 5.41) is 17.6. The Bertz CT molecular complexity index is 434. The highest BCUT2D eigenvalue weighted by Crippen LogP contribution is 2.11. The van der Waals surface area contributed by atoms with Crippen LogP contribution < -0.4 is 10.6 Å². The number of anilines is 2. The fourth-order valence-electron chi connectivity index (χ4n) is 1.12. The van der Waals surface area contributed by atoms with Gasteiger partial charge >= 0.3 is 6.01 Å². The van der Waals surface area contributed by atoms with Gasteiger partial charge in [-0.25, -0.2) is 0 Å². The third-order valence-electron chi connectivity index (χ3n) is 1.74. The molecule has 0 aliphatic rings. The molecule has 2 N–H and O–H groups in total. The summed E-state index contributed by atoms with van der Waals surface area (Å²) in [6.45, 7) is 0.552. The van der Waals surface area contributed by atoms with Crippen molar-refractivity contribution in [2.45, 2.75) is 6.54 Å². The maximum atomic E-state index is 5.29. The first-order chi connectivity index (χ1) is 7.28. The van der Waals surface area contributed by atoms with Crippen LogP contribution in [0, 0.1) is 0 Å². The Morgan fingerprint density at radius 3 is 3.00 bits per heavy atom. The zero-order valence-electron chi connectivity index (χ0n) is 8.56. The first-order valence-corrected chi connectivity index (χ1v) is 4.51. The van der Waals surface area contributed by atoms with Crippen LogP contribution in [0.5, 0.6) is 0 Å². The van der Waals surface area contributed by atoms with E-state index in [1.54, 1.807) is 4.68 Å². The van der Waals surface area contributed by atoms with Crippen molar-refractivity contribution in [1.29, 1.82) is 0 Å². The summed E-state index contributed by atoms with van der Waals surface area (Å²) in [5.41, 5.74) is 0. The summed E-state index contributed by atoms with van der Waals surface area (Å²) in [5.74, 6) is 1.22. The smallest absolute Gasteiger partial charge is 0.321 e. The zero-order valence-corrected chi connectivity index (χ0v) is 8.56. The molecule has 0 saturated heterocycles. The summed E-state index contributed by atoms with van der Waals surface area (Å²) in [7, 11) is 3.65. The molecule has 0 aliphatic heterocycles. The van der Waals surface area contributed by atoms with Crippen LogP contribution in [0.1, 0.15) is 5.89 Å². The number of nitrogens with one attached hydrogen (secondary N) is 2. The lowest BCUT2D eigenvalue weighted by atomic mass is 10.6. The summed E-state index contributed by atoms with van der Waals surface area (Å²) in [6, 6.07) is 2.17. The molecule has 0 saturated carbocycles. The third kappa shape index (κ3) is 2.32. The predicted molar refractivity (Wildman–Crippen MR) is 53.6 cm³/mol. The molecule has 0 spiro atoms. The van der Waals surface area contributed by atoms with E-state index in [9.17, 15) is 0 Å². The molecule has 2 aromatic rings. The quantitative estimate of drug-likeness (QED) is 0.750. The molecule has 0 amide bonds. The van der Waals surface area contributed by atoms with Crippen molar-refractivity contribution in [2.24, 2.45) is 7.05 Å². The van der Waals surface area contributed by atoms with Gasteiger partial charge in [-0.05, 0) is 7.05 Å². The van der Waals surface area contributed by atoms with Gasteiger partial charge in [0.05, 0.1) is 6.54 Å². The predicted octanol–water partition coefficient (Wildman–Crippen LogP) is 0.266. The van der Waals surface area contributed by atoms with Crippen LogP contribution in [0.15, 0.2) is 16.7 Å². The van der Waals surface area contributed by atoms with Crippen LogP contribution in [0.4, 0.5) is 11.8 Å². The molecule has 0 aliphatic carbocycles. The average molecular weight is 208 g/mol. The molecule has 2 heterocycles. The summed E-state index contributed by atoms with van der Waals surface area (Å²) in [6.07, 6.45) is 1.83. The fourth-order valence-corrected chi connectivity index (χ4v) is 1.12. The Hall–Kier alpha value is -1.89. The van der Waals surface area contributed by atoms with Gasteiger partial charge in [-0.2, -0.15) is 5.10 Å². The van der Waals surface area contributed by atoms with Crippen LogP contribution in [0.25, 0.3) is 0 Å². The van der Waals surface area contributed by atoms with E-state index in [-0.39, 0.29) is 0 Å². The van der Waals surface area contributed by atoms with Crippen LogP contribution in [-0.4, -0.2) is 27.0 Å². The Labute approximate surface area is 86.5 Å². The molecule has 15 heavy (non-hydrogen) atoms. The summed E-state index contributed by atoms with van der Waals surface area (Å²) < 4.78 is 6.98. The molecule has 7 heteroatoms. The highest BCUT2D eigenvalue weighted by Gasteiger charge is 2.05. The molecule has 2 rings (SSSR count). The first kappa shape index (κ1) is 9.66. The van der Waals surface area contributed by atoms with E-state index in [0.717, 1.165) is 0 Å². The molecule has 7 nitrogen and oxygen atoms in total. The van der Waals surface area contributed by atoms with Crippen molar-refractivity contribution in [2.75, 3.05) is 12.4 Å². The normalized spacial score (nSPS) is 10.5. The molecule has 0 atom stereocenters. The number of hydrogen-bond donors (Lipinski definition) is 2. The topological polar surface area (TPSA) is 80.8 Å². The Kier molecular flexibility index (Phi) is 2.64. The highest BCUT2D eigenvalue weighted by atomic mass is 16.4. The van der Waals surface area contributed by atoms with Gasteiger partial charge < -0.3 is 9.73 Å². The van der Waals surface area contributed by atoms with Crippen molar-refractivity contribution in [3.05, 3.63) is 18.2 Å². The first-order valence-electron chi connectivity index (χ1n) is 4.51. The molecule has 0 aromatic carbocycles. The van der Waals surface area contributed by atoms with E-state index in [4.69, 9.17) is 4.42 Å². The standard InChI is InChI=1S/C8H12N6O/c1-9-5-7-11-12-8(15-7)10-6-3-4-14(2)13-6/h3-4,9H,5H2,1-2H3,(H,10,12,13). The van der Waals surface area contributed by atoms with Crippen LogP contribution in [0.3, 0.4) is 0 Å². The number of nitrogens with zero attached hydrogens (tertiary/aromatic N) is 4. The lowest BCUT2D eigenvalue weighted by molar-refractivity contribution is 0.492. The second kappa shape index (κ2) is 4.09. The molecule has 2 aromatic heterocycles. The molecule has 0 bridgehead atoms. The maximum Gasteiger partial charge on any atom is 0.321 e. The molecule has 0 fully saturated rings. The fraction of sp³-hybridized carbons (Fsp3) is 0.375. The van der Waals surface area contributed by atoms with Crippen molar-refractivity contribution in [1.82, 2.24) is 25.3 Å². The van der Waals surface area contributed by atoms with Crippen molar-refractivity contribution >= 4 is 11.8 Å². The minimum Gasteiger partial charge on any atom is -0.406 e. The highest BCUT2D eigenvalue weighted by molar-refractivity contribution is 5.44. The number of rotatable bonds is 4. The van der Waals surface area contributed by atoms with Gasteiger partial charge in [-0.1, -0.05) is 5.10 Å². The van der Waals surface area contributed by atoms with Crippen molar-refractivity contribution in [3.8, 4) is 0 Å². The average Bonchev–Trinajstić information content (AvgIpc) is 2.78. The second-order valence-electron chi connectivity index (χ2n) is 3.03. The Balaban J connectivity index is 2.04. The van der Waals surface area contributed by atoms with E-state index >= 15 is 0 Å². The van der Waals surface area contributed by atoms with E-state index < -0.39 is 0 Å². The van der Waals surface area contributed by atoms with E-state index in [0.29, 0.717) is 24.3 Å². The van der Waals surface area contributed by atoms with Gasteiger partial charge in [0, 0.05) is 19.3 Å². The van der Waals surface area contributed by atoms with E-state index in [2.05, 4.69) is 25.9 Å². The van der Waals surface area contributed by atoms with E-state index in [1.807, 2.05) is 26.4 Å². The maximum absolute atomic E-state index is 5.29. The molecular formula is C8H12N6O. The van der Waals surface area contributed by atoms with Gasteiger partial charge in [-0.15, -0.1) is 5.10 Å². The Morgan fingerprint density at radius 2 is 2.33 bits per heavy atom. The third-order valence-corrected chi connectivity index (χ3v) is 1.74. The second-order valence-corrected chi connectivity index (χ2v) is 3.03. The summed E-state index contributed by atoms with van der Waals surface area (Å²) in [4.78, 5) is 0. The zero-order chi connectivity index (χ0) is 10.7. The van der Waals surface area contributed by atoms with Crippen LogP contribution in [0.2, 0.25) is 0 Å². The van der Waals surface area contributed by atoms with Gasteiger partial charge in [0.25, 0.3) is 0 Å². The minimum absolute atomic E-state index is 0.346. The molecule has 0 unspecified atom stereocenters. The number of aromatic nitrogens is 4. The van der Waals surface area contributed by atoms with Gasteiger partial charge in [0.15, 0.2) is 5.82 Å².